The maximum atomic E-state index is 13.1. The summed E-state index contributed by atoms with van der Waals surface area (Å²) in [5.74, 6) is 0.389. The van der Waals surface area contributed by atoms with Crippen LogP contribution in [0, 0.1) is 0 Å². The molecule has 2 saturated heterocycles. The number of fused-ring (bicyclic) bond motifs is 1. The highest BCUT2D eigenvalue weighted by Crippen LogP contribution is 2.39. The zero-order chi connectivity index (χ0) is 16.1. The van der Waals surface area contributed by atoms with Crippen LogP contribution in [-0.4, -0.2) is 45.9 Å². The van der Waals surface area contributed by atoms with Gasteiger partial charge in [0.2, 0.25) is 0 Å². The molecule has 2 aromatic heterocycles. The molecule has 24 heavy (non-hydrogen) atoms. The number of hydrogen-bond acceptors (Lipinski definition) is 4. The van der Waals surface area contributed by atoms with Crippen LogP contribution in [-0.2, 0) is 11.3 Å². The van der Waals surface area contributed by atoms with E-state index in [1.807, 2.05) is 46.1 Å². The first-order valence-corrected chi connectivity index (χ1v) is 8.14. The van der Waals surface area contributed by atoms with Crippen molar-refractivity contribution >= 4 is 16.9 Å². The fraction of sp³-hybridized carbons (Fsp3) is 0.333. The lowest BCUT2D eigenvalue weighted by Gasteiger charge is -2.57. The molecular weight excluding hydrogens is 306 g/mol. The molecule has 0 bridgehead atoms. The van der Waals surface area contributed by atoms with Crippen molar-refractivity contribution in [1.29, 1.82) is 0 Å². The summed E-state index contributed by atoms with van der Waals surface area (Å²) in [4.78, 5) is 15.0. The van der Waals surface area contributed by atoms with Gasteiger partial charge in [-0.2, -0.15) is 5.10 Å². The number of nitrogens with zero attached hydrogens (tertiary/aromatic N) is 3. The van der Waals surface area contributed by atoms with E-state index in [1.54, 1.807) is 6.20 Å². The second kappa shape index (κ2) is 4.95. The van der Waals surface area contributed by atoms with Crippen LogP contribution < -0.4 is 0 Å². The van der Waals surface area contributed by atoms with Crippen molar-refractivity contribution in [3.63, 3.8) is 0 Å². The van der Waals surface area contributed by atoms with Gasteiger partial charge in [-0.15, -0.1) is 0 Å². The summed E-state index contributed by atoms with van der Waals surface area (Å²) in [6.45, 7) is 2.55. The molecule has 6 heteroatoms. The van der Waals surface area contributed by atoms with E-state index in [1.165, 1.54) is 0 Å². The van der Waals surface area contributed by atoms with Crippen LogP contribution in [0.15, 0.2) is 47.1 Å². The Bertz CT molecular complexity index is 903. The quantitative estimate of drug-likeness (QED) is 0.742. The maximum Gasteiger partial charge on any atom is 0.290 e. The number of ether oxygens (including phenoxy) is 1. The molecule has 1 aromatic carbocycles. The number of para-hydroxylation sites is 1. The largest absolute Gasteiger partial charge is 0.451 e. The minimum atomic E-state index is -0.0982. The van der Waals surface area contributed by atoms with Crippen molar-refractivity contribution in [2.45, 2.75) is 18.5 Å². The summed E-state index contributed by atoms with van der Waals surface area (Å²) < 4.78 is 13.1. The summed E-state index contributed by atoms with van der Waals surface area (Å²) in [7, 11) is 0. The molecule has 0 N–H and O–H groups in total. The van der Waals surface area contributed by atoms with Gasteiger partial charge in [0, 0.05) is 29.9 Å². The van der Waals surface area contributed by atoms with E-state index in [-0.39, 0.29) is 11.4 Å². The molecule has 1 amide bonds. The molecule has 2 aliphatic rings. The van der Waals surface area contributed by atoms with E-state index in [0.29, 0.717) is 25.5 Å². The number of likely N-dealkylation sites (tertiary alicyclic amines) is 1. The van der Waals surface area contributed by atoms with Crippen molar-refractivity contribution in [3.05, 3.63) is 54.0 Å². The normalized spacial score (nSPS) is 18.6. The zero-order valence-electron chi connectivity index (χ0n) is 13.1. The third kappa shape index (κ3) is 1.86. The van der Waals surface area contributed by atoms with Crippen LogP contribution in [0.4, 0.5) is 0 Å². The van der Waals surface area contributed by atoms with Gasteiger partial charge in [0.1, 0.15) is 5.58 Å². The third-order valence-electron chi connectivity index (χ3n) is 5.13. The summed E-state index contributed by atoms with van der Waals surface area (Å²) >= 11 is 0. The Morgan fingerprint density at radius 2 is 2.12 bits per heavy atom. The van der Waals surface area contributed by atoms with E-state index in [4.69, 9.17) is 9.15 Å². The molecule has 0 unspecified atom stereocenters. The number of carbonyl (C=O) groups is 1. The minimum Gasteiger partial charge on any atom is -0.451 e. The Hall–Kier alpha value is -2.60. The van der Waals surface area contributed by atoms with Crippen LogP contribution in [0.25, 0.3) is 11.0 Å². The van der Waals surface area contributed by atoms with E-state index in [0.717, 1.165) is 29.5 Å². The highest BCUT2D eigenvalue weighted by atomic mass is 16.5. The number of hydrogen-bond donors (Lipinski definition) is 0. The van der Waals surface area contributed by atoms with Crippen molar-refractivity contribution in [2.24, 2.45) is 0 Å². The number of furan rings is 1. The van der Waals surface area contributed by atoms with Gasteiger partial charge in [-0.05, 0) is 18.6 Å². The Balaban J connectivity index is 1.58. The highest BCUT2D eigenvalue weighted by molar-refractivity contribution is 6.00. The van der Waals surface area contributed by atoms with Crippen molar-refractivity contribution < 1.29 is 13.9 Å². The van der Waals surface area contributed by atoms with Crippen LogP contribution in [0.5, 0.6) is 0 Å². The van der Waals surface area contributed by atoms with Crippen LogP contribution in [0.1, 0.15) is 22.5 Å². The first-order valence-electron chi connectivity index (χ1n) is 8.14. The molecule has 5 rings (SSSR count). The molecule has 1 spiro atoms. The average molecular weight is 323 g/mol. The standard InChI is InChI=1S/C18H17N3O3/c22-17(21-9-6-18(21)11-23-12-18)16-14(10-20-8-3-7-19-20)13-4-1-2-5-15(13)24-16/h1-5,7-8H,6,9-12H2. The van der Waals surface area contributed by atoms with Gasteiger partial charge in [-0.25, -0.2) is 0 Å². The Kier molecular flexibility index (Phi) is 2.84. The summed E-state index contributed by atoms with van der Waals surface area (Å²) in [6, 6.07) is 9.65. The number of aromatic nitrogens is 2. The van der Waals surface area contributed by atoms with Gasteiger partial charge in [0.25, 0.3) is 5.91 Å². The predicted octanol–water partition coefficient (Wildman–Crippen LogP) is 2.29. The van der Waals surface area contributed by atoms with Gasteiger partial charge >= 0.3 is 0 Å². The monoisotopic (exact) mass is 323 g/mol. The van der Waals surface area contributed by atoms with Gasteiger partial charge in [-0.1, -0.05) is 18.2 Å². The second-order valence-corrected chi connectivity index (χ2v) is 6.53. The molecule has 0 aliphatic carbocycles. The van der Waals surface area contributed by atoms with Gasteiger partial charge < -0.3 is 14.1 Å². The van der Waals surface area contributed by atoms with Crippen LogP contribution in [0.2, 0.25) is 0 Å². The zero-order valence-corrected chi connectivity index (χ0v) is 13.1. The first kappa shape index (κ1) is 13.8. The molecule has 0 radical (unpaired) electrons. The Morgan fingerprint density at radius 3 is 2.79 bits per heavy atom. The van der Waals surface area contributed by atoms with Gasteiger partial charge in [0.15, 0.2) is 5.76 Å². The summed E-state index contributed by atoms with van der Waals surface area (Å²) in [5, 5.41) is 5.23. The SMILES string of the molecule is O=C(c1oc2ccccc2c1Cn1cccn1)N1CCC12COC2. The van der Waals surface area contributed by atoms with E-state index >= 15 is 0 Å². The van der Waals surface area contributed by atoms with Crippen LogP contribution >= 0.6 is 0 Å². The Morgan fingerprint density at radius 1 is 1.25 bits per heavy atom. The average Bonchev–Trinajstić information content (AvgIpc) is 3.13. The van der Waals surface area contributed by atoms with E-state index < -0.39 is 0 Å². The topological polar surface area (TPSA) is 60.5 Å². The van der Waals surface area contributed by atoms with Gasteiger partial charge in [0.05, 0.1) is 25.3 Å². The predicted molar refractivity (Wildman–Crippen MR) is 86.7 cm³/mol. The number of benzene rings is 1. The molecule has 0 atom stereocenters. The molecule has 0 saturated carbocycles. The number of rotatable bonds is 3. The molecule has 2 fully saturated rings. The van der Waals surface area contributed by atoms with Crippen molar-refractivity contribution in [3.8, 4) is 0 Å². The molecule has 4 heterocycles. The number of amides is 1. The minimum absolute atomic E-state index is 0.0390. The maximum absolute atomic E-state index is 13.1. The Labute approximate surface area is 138 Å². The molecule has 122 valence electrons. The summed E-state index contributed by atoms with van der Waals surface area (Å²) in [5.41, 5.74) is 1.53. The highest BCUT2D eigenvalue weighted by Gasteiger charge is 2.54. The van der Waals surface area contributed by atoms with Crippen LogP contribution in [0.3, 0.4) is 0 Å². The molecule has 3 aromatic rings. The van der Waals surface area contributed by atoms with Crippen molar-refractivity contribution in [2.75, 3.05) is 19.8 Å². The number of carbonyl (C=O) groups excluding carboxylic acids is 1. The molecular formula is C18H17N3O3. The van der Waals surface area contributed by atoms with E-state index in [9.17, 15) is 4.79 Å². The lowest BCUT2D eigenvalue weighted by Crippen LogP contribution is -2.72. The lowest BCUT2D eigenvalue weighted by atomic mass is 9.82. The molecule has 2 aliphatic heterocycles. The third-order valence-corrected chi connectivity index (χ3v) is 5.13. The first-order chi connectivity index (χ1) is 11.8. The van der Waals surface area contributed by atoms with E-state index in [2.05, 4.69) is 5.10 Å². The second-order valence-electron chi connectivity index (χ2n) is 6.53. The fourth-order valence-corrected chi connectivity index (χ4v) is 3.60. The van der Waals surface area contributed by atoms with Gasteiger partial charge in [-0.3, -0.25) is 9.48 Å². The molecule has 6 nitrogen and oxygen atoms in total. The van der Waals surface area contributed by atoms with Crippen molar-refractivity contribution in [1.82, 2.24) is 14.7 Å². The fourth-order valence-electron chi connectivity index (χ4n) is 3.60. The summed E-state index contributed by atoms with van der Waals surface area (Å²) in [6.07, 6.45) is 4.63. The lowest BCUT2D eigenvalue weighted by molar-refractivity contribution is -0.172. The smallest absolute Gasteiger partial charge is 0.290 e.